The van der Waals surface area contributed by atoms with Crippen LogP contribution in [0.3, 0.4) is 0 Å². The second-order valence-corrected chi connectivity index (χ2v) is 6.48. The predicted octanol–water partition coefficient (Wildman–Crippen LogP) is 5.54. The van der Waals surface area contributed by atoms with Gasteiger partial charge in [0.05, 0.1) is 0 Å². The number of benzene rings is 2. The normalized spacial score (nSPS) is 11.5. The second-order valence-electron chi connectivity index (χ2n) is 4.65. The van der Waals surface area contributed by atoms with E-state index in [1.54, 1.807) is 0 Å². The molecule has 17 heavy (non-hydrogen) atoms. The van der Waals surface area contributed by atoms with E-state index in [-0.39, 0.29) is 5.41 Å². The van der Waals surface area contributed by atoms with E-state index in [0.717, 1.165) is 8.95 Å². The molecule has 0 radical (unpaired) electrons. The van der Waals surface area contributed by atoms with Crippen molar-refractivity contribution in [3.63, 3.8) is 0 Å². The molecule has 0 N–H and O–H groups in total. The van der Waals surface area contributed by atoms with E-state index in [4.69, 9.17) is 0 Å². The number of halogens is 2. The molecule has 0 bridgehead atoms. The first-order chi connectivity index (χ1) is 8.00. The second kappa shape index (κ2) is 4.95. The van der Waals surface area contributed by atoms with E-state index < -0.39 is 0 Å². The van der Waals surface area contributed by atoms with Crippen molar-refractivity contribution < 1.29 is 0 Å². The molecule has 0 aliphatic rings. The third-order valence-electron chi connectivity index (χ3n) is 3.09. The molecule has 88 valence electrons. The van der Waals surface area contributed by atoms with E-state index in [1.165, 1.54) is 11.1 Å². The maximum Gasteiger partial charge on any atom is 0.0178 e. The summed E-state index contributed by atoms with van der Waals surface area (Å²) in [5.41, 5.74) is 2.63. The van der Waals surface area contributed by atoms with E-state index in [1.807, 2.05) is 0 Å². The molecule has 0 aliphatic heterocycles. The van der Waals surface area contributed by atoms with Crippen LogP contribution in [0.4, 0.5) is 0 Å². The molecule has 0 saturated heterocycles. The molecule has 0 heterocycles. The highest BCUT2D eigenvalue weighted by Crippen LogP contribution is 2.33. The molecule has 2 heteroatoms. The maximum absolute atomic E-state index is 3.53. The first-order valence-corrected chi connectivity index (χ1v) is 7.11. The Labute approximate surface area is 119 Å². The molecular weight excluding hydrogens is 340 g/mol. The first kappa shape index (κ1) is 12.8. The van der Waals surface area contributed by atoms with E-state index in [0.29, 0.717) is 0 Å². The molecule has 2 aromatic carbocycles. The highest BCUT2D eigenvalue weighted by atomic mass is 79.9. The lowest BCUT2D eigenvalue weighted by atomic mass is 9.78. The van der Waals surface area contributed by atoms with Crippen LogP contribution in [0.25, 0.3) is 0 Å². The van der Waals surface area contributed by atoms with Gasteiger partial charge in [0, 0.05) is 14.4 Å². The average Bonchev–Trinajstić information content (AvgIpc) is 2.29. The van der Waals surface area contributed by atoms with Gasteiger partial charge in [0.25, 0.3) is 0 Å². The summed E-state index contributed by atoms with van der Waals surface area (Å²) < 4.78 is 2.25. The van der Waals surface area contributed by atoms with Gasteiger partial charge in [-0.05, 0) is 35.4 Å². The van der Waals surface area contributed by atoms with Gasteiger partial charge in [-0.15, -0.1) is 0 Å². The van der Waals surface area contributed by atoms with Gasteiger partial charge in [-0.2, -0.15) is 0 Å². The van der Waals surface area contributed by atoms with Gasteiger partial charge in [-0.25, -0.2) is 0 Å². The van der Waals surface area contributed by atoms with Crippen LogP contribution in [0.5, 0.6) is 0 Å². The molecule has 0 fully saturated rings. The van der Waals surface area contributed by atoms with Crippen LogP contribution in [0.1, 0.15) is 25.0 Å². The van der Waals surface area contributed by atoms with Crippen LogP contribution in [0.2, 0.25) is 0 Å². The molecule has 0 saturated carbocycles. The molecule has 0 aromatic heterocycles. The molecule has 2 rings (SSSR count). The van der Waals surface area contributed by atoms with Gasteiger partial charge in [-0.1, -0.05) is 70.0 Å². The summed E-state index contributed by atoms with van der Waals surface area (Å²) in [6.45, 7) is 4.49. The first-order valence-electron chi connectivity index (χ1n) is 5.52. The Morgan fingerprint density at radius 2 is 1.18 bits per heavy atom. The predicted molar refractivity (Wildman–Crippen MR) is 80.4 cm³/mol. The SMILES string of the molecule is CC(C)(c1cccc(Br)c1)c1cccc(Br)c1. The van der Waals surface area contributed by atoms with E-state index in [9.17, 15) is 0 Å². The molecule has 0 atom stereocenters. The number of hydrogen-bond acceptors (Lipinski definition) is 0. The fraction of sp³-hybridized carbons (Fsp3) is 0.200. The minimum absolute atomic E-state index is 0.00750. The van der Waals surface area contributed by atoms with Crippen molar-refractivity contribution >= 4 is 31.9 Å². The lowest BCUT2D eigenvalue weighted by molar-refractivity contribution is 0.640. The third-order valence-corrected chi connectivity index (χ3v) is 4.08. The van der Waals surface area contributed by atoms with Gasteiger partial charge >= 0.3 is 0 Å². The van der Waals surface area contributed by atoms with Crippen LogP contribution in [0, 0.1) is 0 Å². The fourth-order valence-corrected chi connectivity index (χ4v) is 2.72. The standard InChI is InChI=1S/C15H14Br2/c1-15(2,11-5-3-7-13(16)9-11)12-6-4-8-14(17)10-12/h3-10H,1-2H3. The van der Waals surface area contributed by atoms with Crippen molar-refractivity contribution in [2.45, 2.75) is 19.3 Å². The Balaban J connectivity index is 2.49. The topological polar surface area (TPSA) is 0 Å². The summed E-state index contributed by atoms with van der Waals surface area (Å²) in [7, 11) is 0. The number of hydrogen-bond donors (Lipinski definition) is 0. The van der Waals surface area contributed by atoms with Crippen molar-refractivity contribution in [3.8, 4) is 0 Å². The summed E-state index contributed by atoms with van der Waals surface area (Å²) in [4.78, 5) is 0. The largest absolute Gasteiger partial charge is 0.0608 e. The van der Waals surface area contributed by atoms with Crippen molar-refractivity contribution in [2.24, 2.45) is 0 Å². The summed E-state index contributed by atoms with van der Waals surface area (Å²) in [6, 6.07) is 17.0. The molecular formula is C15H14Br2. The summed E-state index contributed by atoms with van der Waals surface area (Å²) >= 11 is 7.06. The lowest BCUT2D eigenvalue weighted by Gasteiger charge is -2.26. The molecule has 0 spiro atoms. The Hall–Kier alpha value is -0.600. The lowest BCUT2D eigenvalue weighted by Crippen LogP contribution is -2.18. The van der Waals surface area contributed by atoms with Crippen LogP contribution < -0.4 is 0 Å². The maximum atomic E-state index is 3.53. The van der Waals surface area contributed by atoms with Crippen LogP contribution in [0.15, 0.2) is 57.5 Å². The fourth-order valence-electron chi connectivity index (χ4n) is 1.92. The highest BCUT2D eigenvalue weighted by Gasteiger charge is 2.23. The zero-order chi connectivity index (χ0) is 12.5. The summed E-state index contributed by atoms with van der Waals surface area (Å²) in [6.07, 6.45) is 0. The molecule has 2 aromatic rings. The van der Waals surface area contributed by atoms with Gasteiger partial charge < -0.3 is 0 Å². The van der Waals surface area contributed by atoms with Crippen molar-refractivity contribution in [2.75, 3.05) is 0 Å². The monoisotopic (exact) mass is 352 g/mol. The molecule has 0 unspecified atom stereocenters. The minimum atomic E-state index is 0.00750. The quantitative estimate of drug-likeness (QED) is 0.665. The zero-order valence-electron chi connectivity index (χ0n) is 9.87. The van der Waals surface area contributed by atoms with Crippen molar-refractivity contribution in [3.05, 3.63) is 68.6 Å². The van der Waals surface area contributed by atoms with Gasteiger partial charge in [0.2, 0.25) is 0 Å². The summed E-state index contributed by atoms with van der Waals surface area (Å²) in [5.74, 6) is 0. The van der Waals surface area contributed by atoms with E-state index in [2.05, 4.69) is 94.2 Å². The highest BCUT2D eigenvalue weighted by molar-refractivity contribution is 9.10. The minimum Gasteiger partial charge on any atom is -0.0608 e. The number of rotatable bonds is 2. The average molecular weight is 354 g/mol. The Kier molecular flexibility index (Phi) is 3.74. The van der Waals surface area contributed by atoms with Crippen LogP contribution >= 0.6 is 31.9 Å². The van der Waals surface area contributed by atoms with Crippen LogP contribution in [-0.4, -0.2) is 0 Å². The van der Waals surface area contributed by atoms with Gasteiger partial charge in [0.1, 0.15) is 0 Å². The Bertz CT molecular complexity index is 482. The van der Waals surface area contributed by atoms with Gasteiger partial charge in [-0.3, -0.25) is 0 Å². The summed E-state index contributed by atoms with van der Waals surface area (Å²) in [5, 5.41) is 0. The van der Waals surface area contributed by atoms with Gasteiger partial charge in [0.15, 0.2) is 0 Å². The smallest absolute Gasteiger partial charge is 0.0178 e. The molecule has 0 nitrogen and oxygen atoms in total. The van der Waals surface area contributed by atoms with Crippen LogP contribution in [-0.2, 0) is 5.41 Å². The third kappa shape index (κ3) is 2.80. The molecule has 0 amide bonds. The molecule has 0 aliphatic carbocycles. The van der Waals surface area contributed by atoms with Crippen molar-refractivity contribution in [1.29, 1.82) is 0 Å². The Morgan fingerprint density at radius 3 is 1.53 bits per heavy atom. The van der Waals surface area contributed by atoms with Crippen molar-refractivity contribution in [1.82, 2.24) is 0 Å². The Morgan fingerprint density at radius 1 is 0.765 bits per heavy atom. The van der Waals surface area contributed by atoms with E-state index >= 15 is 0 Å². The zero-order valence-corrected chi connectivity index (χ0v) is 13.0.